The van der Waals surface area contributed by atoms with Gasteiger partial charge in [-0.1, -0.05) is 146 Å². The minimum atomic E-state index is 1.11. The number of para-hydroxylation sites is 2. The molecule has 0 unspecified atom stereocenters. The second-order valence-corrected chi connectivity index (χ2v) is 14.9. The lowest BCUT2D eigenvalue weighted by atomic mass is 9.92. The molecule has 3 heteroatoms. The highest BCUT2D eigenvalue weighted by Crippen LogP contribution is 2.47. The van der Waals surface area contributed by atoms with Gasteiger partial charge in [0.05, 0.1) is 11.2 Å². The number of H-pyrrole nitrogens is 1. The highest BCUT2D eigenvalue weighted by molar-refractivity contribution is 7.25. The molecule has 0 saturated heterocycles. The summed E-state index contributed by atoms with van der Waals surface area (Å²) in [6, 6.07) is 68.8. The van der Waals surface area contributed by atoms with Crippen molar-refractivity contribution in [3.63, 3.8) is 0 Å². The quantitative estimate of drug-likeness (QED) is 0.178. The van der Waals surface area contributed by atoms with Gasteiger partial charge < -0.3 is 9.88 Å². The van der Waals surface area contributed by atoms with Gasteiger partial charge in [-0.15, -0.1) is 11.3 Å². The van der Waals surface area contributed by atoms with Gasteiger partial charge in [0.2, 0.25) is 0 Å². The van der Waals surface area contributed by atoms with Crippen LogP contribution in [-0.4, -0.2) is 4.98 Å². The summed E-state index contributed by atoms with van der Waals surface area (Å²) in [6.45, 7) is 0. The molecule has 1 N–H and O–H groups in total. The van der Waals surface area contributed by atoms with Crippen molar-refractivity contribution in [2.45, 2.75) is 0 Å². The minimum Gasteiger partial charge on any atom is -0.354 e. The van der Waals surface area contributed by atoms with E-state index in [2.05, 4.69) is 198 Å². The Balaban J connectivity index is 1.20. The summed E-state index contributed by atoms with van der Waals surface area (Å²) in [6.07, 6.45) is 0. The highest BCUT2D eigenvalue weighted by Gasteiger charge is 2.21. The van der Waals surface area contributed by atoms with Crippen molar-refractivity contribution in [1.29, 1.82) is 0 Å². The number of hydrogen-bond acceptors (Lipinski definition) is 2. The molecule has 0 radical (unpaired) electrons. The number of nitrogens with zero attached hydrogens (tertiary/aromatic N) is 1. The summed E-state index contributed by atoms with van der Waals surface area (Å²) in [5.41, 5.74) is 10.5. The zero-order valence-electron chi connectivity index (χ0n) is 28.8. The molecule has 0 amide bonds. The Morgan fingerprint density at radius 1 is 0.377 bits per heavy atom. The molecule has 0 fully saturated rings. The number of aromatic nitrogens is 1. The largest absolute Gasteiger partial charge is 0.354 e. The first-order valence-corrected chi connectivity index (χ1v) is 18.9. The Morgan fingerprint density at radius 3 is 1.92 bits per heavy atom. The van der Waals surface area contributed by atoms with Gasteiger partial charge in [0.1, 0.15) is 0 Å². The van der Waals surface area contributed by atoms with Crippen molar-refractivity contribution in [3.05, 3.63) is 188 Å². The van der Waals surface area contributed by atoms with Crippen LogP contribution in [0, 0.1) is 0 Å². The maximum absolute atomic E-state index is 3.77. The van der Waals surface area contributed by atoms with E-state index in [1.54, 1.807) is 0 Å². The molecule has 0 aliphatic carbocycles. The van der Waals surface area contributed by atoms with E-state index < -0.39 is 0 Å². The lowest BCUT2D eigenvalue weighted by Crippen LogP contribution is -2.11. The van der Waals surface area contributed by atoms with Gasteiger partial charge in [0, 0.05) is 58.8 Å². The normalized spacial score (nSPS) is 11.8. The summed E-state index contributed by atoms with van der Waals surface area (Å²) >= 11 is 1.86. The fourth-order valence-electron chi connectivity index (χ4n) is 8.36. The molecule has 2 heterocycles. The van der Waals surface area contributed by atoms with E-state index in [0.717, 1.165) is 28.1 Å². The zero-order valence-corrected chi connectivity index (χ0v) is 29.6. The van der Waals surface area contributed by atoms with E-state index >= 15 is 0 Å². The maximum atomic E-state index is 3.77. The maximum Gasteiger partial charge on any atom is 0.0546 e. The van der Waals surface area contributed by atoms with Crippen LogP contribution in [0.5, 0.6) is 0 Å². The molecule has 9 aromatic carbocycles. The first-order chi connectivity index (χ1) is 26.3. The summed E-state index contributed by atoms with van der Waals surface area (Å²) in [5, 5.41) is 10.0. The third-order valence-corrected chi connectivity index (χ3v) is 11.9. The first kappa shape index (κ1) is 30.0. The van der Waals surface area contributed by atoms with Crippen LogP contribution in [0.2, 0.25) is 0 Å². The van der Waals surface area contributed by atoms with E-state index in [9.17, 15) is 0 Å². The molecule has 0 bridgehead atoms. The number of rotatable bonds is 5. The van der Waals surface area contributed by atoms with Crippen LogP contribution >= 0.6 is 11.3 Å². The average Bonchev–Trinajstić information content (AvgIpc) is 3.80. The Hall–Kier alpha value is -6.68. The van der Waals surface area contributed by atoms with Crippen molar-refractivity contribution < 1.29 is 0 Å². The van der Waals surface area contributed by atoms with Crippen LogP contribution in [0.1, 0.15) is 0 Å². The predicted octanol–water partition coefficient (Wildman–Crippen LogP) is 14.8. The molecule has 11 aromatic rings. The number of benzene rings is 9. The van der Waals surface area contributed by atoms with E-state index in [1.807, 2.05) is 11.3 Å². The molecule has 0 aliphatic rings. The Bertz CT molecular complexity index is 3190. The number of nitrogens with one attached hydrogen (secondary N) is 1. The summed E-state index contributed by atoms with van der Waals surface area (Å²) < 4.78 is 2.59. The topological polar surface area (TPSA) is 19.0 Å². The van der Waals surface area contributed by atoms with Crippen LogP contribution in [0.15, 0.2) is 188 Å². The molecule has 0 saturated carbocycles. The van der Waals surface area contributed by atoms with Crippen LogP contribution in [0.4, 0.5) is 17.1 Å². The van der Waals surface area contributed by atoms with Crippen molar-refractivity contribution >= 4 is 91.9 Å². The first-order valence-electron chi connectivity index (χ1n) is 18.1. The lowest BCUT2D eigenvalue weighted by molar-refractivity contribution is 1.31. The summed E-state index contributed by atoms with van der Waals surface area (Å²) in [7, 11) is 0. The predicted molar refractivity (Wildman–Crippen MR) is 229 cm³/mol. The summed E-state index contributed by atoms with van der Waals surface area (Å²) in [4.78, 5) is 6.24. The molecule has 0 aliphatic heterocycles. The zero-order chi connectivity index (χ0) is 34.9. The minimum absolute atomic E-state index is 1.11. The second-order valence-electron chi connectivity index (χ2n) is 13.8. The number of hydrogen-bond donors (Lipinski definition) is 1. The van der Waals surface area contributed by atoms with Gasteiger partial charge in [-0.2, -0.15) is 0 Å². The summed E-state index contributed by atoms with van der Waals surface area (Å²) in [5.74, 6) is 0. The third-order valence-electron chi connectivity index (χ3n) is 10.8. The standard InChI is InChI=1S/C50H32N2S/c1-2-13-32(14-3-1)45-30-34(25-27-38(45)43-21-12-22-44-39-18-8-10-23-46(39)51-50(43)44)52(35-26-28-42-41-20-9-11-24-48(41)53-49(42)31-35)47-29-33-15-4-5-16-36(33)37-17-6-7-19-40(37)47/h1-31,51H. The Labute approximate surface area is 310 Å². The fourth-order valence-corrected chi connectivity index (χ4v) is 9.50. The Morgan fingerprint density at radius 2 is 1.04 bits per heavy atom. The second kappa shape index (κ2) is 11.9. The van der Waals surface area contributed by atoms with Gasteiger partial charge in [0.15, 0.2) is 0 Å². The van der Waals surface area contributed by atoms with E-state index in [-0.39, 0.29) is 0 Å². The SMILES string of the molecule is c1ccc(-c2cc(N(c3ccc4c(c3)sc3ccccc34)c3cc4ccccc4c4ccccc34)ccc2-c2cccc3c2[nH]c2ccccc23)cc1. The number of aromatic amines is 1. The van der Waals surface area contributed by atoms with Crippen molar-refractivity contribution in [2.75, 3.05) is 4.90 Å². The number of fused-ring (bicyclic) bond motifs is 9. The third kappa shape index (κ3) is 4.78. The Kier molecular flexibility index (Phi) is 6.76. The highest BCUT2D eigenvalue weighted by atomic mass is 32.1. The lowest BCUT2D eigenvalue weighted by Gasteiger charge is -2.29. The fraction of sp³-hybridized carbons (Fsp3) is 0. The molecule has 2 aromatic heterocycles. The van der Waals surface area contributed by atoms with Gasteiger partial charge in [-0.3, -0.25) is 0 Å². The van der Waals surface area contributed by atoms with Gasteiger partial charge in [-0.05, 0) is 75.3 Å². The van der Waals surface area contributed by atoms with Crippen molar-refractivity contribution in [2.24, 2.45) is 0 Å². The molecular weight excluding hydrogens is 661 g/mol. The monoisotopic (exact) mass is 692 g/mol. The van der Waals surface area contributed by atoms with Gasteiger partial charge >= 0.3 is 0 Å². The molecule has 248 valence electrons. The van der Waals surface area contributed by atoms with Crippen molar-refractivity contribution in [3.8, 4) is 22.3 Å². The van der Waals surface area contributed by atoms with Crippen LogP contribution in [0.25, 0.3) is 85.8 Å². The molecule has 53 heavy (non-hydrogen) atoms. The number of anilines is 3. The van der Waals surface area contributed by atoms with Gasteiger partial charge in [0.25, 0.3) is 0 Å². The molecule has 0 spiro atoms. The van der Waals surface area contributed by atoms with Crippen LogP contribution < -0.4 is 4.90 Å². The van der Waals surface area contributed by atoms with Crippen molar-refractivity contribution in [1.82, 2.24) is 4.98 Å². The molecular formula is C50H32N2S. The van der Waals surface area contributed by atoms with E-state index in [4.69, 9.17) is 0 Å². The average molecular weight is 693 g/mol. The smallest absolute Gasteiger partial charge is 0.0546 e. The van der Waals surface area contributed by atoms with Crippen LogP contribution in [-0.2, 0) is 0 Å². The molecule has 11 rings (SSSR count). The van der Waals surface area contributed by atoms with Crippen LogP contribution in [0.3, 0.4) is 0 Å². The van der Waals surface area contributed by atoms with E-state index in [1.165, 1.54) is 74.7 Å². The van der Waals surface area contributed by atoms with E-state index in [0.29, 0.717) is 0 Å². The number of thiophene rings is 1. The van der Waals surface area contributed by atoms with Gasteiger partial charge in [-0.25, -0.2) is 0 Å². The molecule has 0 atom stereocenters. The molecule has 2 nitrogen and oxygen atoms in total.